The predicted octanol–water partition coefficient (Wildman–Crippen LogP) is 4.38. The number of methoxy groups -OCH3 is 1. The van der Waals surface area contributed by atoms with Gasteiger partial charge in [-0.3, -0.25) is 4.90 Å². The Labute approximate surface area is 183 Å². The molecule has 0 aromatic heterocycles. The van der Waals surface area contributed by atoms with Crippen molar-refractivity contribution in [2.45, 2.75) is 25.6 Å². The minimum absolute atomic E-state index is 0.173. The van der Waals surface area contributed by atoms with Gasteiger partial charge in [0.15, 0.2) is 0 Å². The third kappa shape index (κ3) is 5.37. The highest BCUT2D eigenvalue weighted by atomic mass is 16.5. The lowest BCUT2D eigenvalue weighted by Gasteiger charge is -2.25. The highest BCUT2D eigenvalue weighted by molar-refractivity contribution is 5.40. The Balaban J connectivity index is 1.47. The van der Waals surface area contributed by atoms with Gasteiger partial charge < -0.3 is 19.3 Å². The fourth-order valence-corrected chi connectivity index (χ4v) is 3.73. The maximum Gasteiger partial charge on any atom is 0.123 e. The lowest BCUT2D eigenvalue weighted by atomic mass is 9.94. The summed E-state index contributed by atoms with van der Waals surface area (Å²) in [5, 5.41) is 11.1. The molecule has 1 N–H and O–H groups in total. The second kappa shape index (κ2) is 9.41. The summed E-state index contributed by atoms with van der Waals surface area (Å²) in [6, 6.07) is 23.6. The zero-order valence-corrected chi connectivity index (χ0v) is 18.1. The number of fused-ring (bicyclic) bond motifs is 1. The highest BCUT2D eigenvalue weighted by Crippen LogP contribution is 2.30. The number of para-hydroxylation sites is 1. The standard InChI is InChI=1S/C26H29NO4/c1-26(28,19-31-24-6-4-3-5-7-24)22-10-13-25-21(16-22)18-27(14-15-30-25)17-20-8-11-23(29-2)12-9-20/h3-13,16,28H,14-15,17-19H2,1-2H3. The molecule has 1 aliphatic heterocycles. The van der Waals surface area contributed by atoms with E-state index in [0.29, 0.717) is 6.61 Å². The van der Waals surface area contributed by atoms with Gasteiger partial charge in [0.1, 0.15) is 36.1 Å². The summed E-state index contributed by atoms with van der Waals surface area (Å²) in [7, 11) is 1.68. The molecule has 0 fully saturated rings. The fraction of sp³-hybridized carbons (Fsp3) is 0.308. The first-order valence-electron chi connectivity index (χ1n) is 10.6. The third-order valence-electron chi connectivity index (χ3n) is 5.57. The fourth-order valence-electron chi connectivity index (χ4n) is 3.73. The number of hydrogen-bond acceptors (Lipinski definition) is 5. The minimum Gasteiger partial charge on any atom is -0.497 e. The van der Waals surface area contributed by atoms with Crippen molar-refractivity contribution in [2.24, 2.45) is 0 Å². The topological polar surface area (TPSA) is 51.2 Å². The molecule has 5 heteroatoms. The molecule has 31 heavy (non-hydrogen) atoms. The average molecular weight is 420 g/mol. The van der Waals surface area contributed by atoms with Crippen LogP contribution in [0.3, 0.4) is 0 Å². The molecule has 162 valence electrons. The number of nitrogens with zero attached hydrogens (tertiary/aromatic N) is 1. The van der Waals surface area contributed by atoms with Crippen molar-refractivity contribution in [2.75, 3.05) is 26.9 Å². The van der Waals surface area contributed by atoms with E-state index in [1.807, 2.05) is 60.7 Å². The third-order valence-corrected chi connectivity index (χ3v) is 5.57. The van der Waals surface area contributed by atoms with E-state index in [0.717, 1.165) is 48.0 Å². The van der Waals surface area contributed by atoms with Crippen LogP contribution in [0.2, 0.25) is 0 Å². The van der Waals surface area contributed by atoms with Crippen LogP contribution in [0.5, 0.6) is 17.2 Å². The SMILES string of the molecule is COc1ccc(CN2CCOc3ccc(C(C)(O)COc4ccccc4)cc3C2)cc1. The zero-order chi connectivity index (χ0) is 21.7. The monoisotopic (exact) mass is 419 g/mol. The second-order valence-corrected chi connectivity index (χ2v) is 8.11. The van der Waals surface area contributed by atoms with Crippen molar-refractivity contribution in [3.05, 3.63) is 89.5 Å². The number of hydrogen-bond donors (Lipinski definition) is 1. The van der Waals surface area contributed by atoms with Crippen molar-refractivity contribution in [3.63, 3.8) is 0 Å². The molecule has 1 aliphatic rings. The van der Waals surface area contributed by atoms with E-state index >= 15 is 0 Å². The van der Waals surface area contributed by atoms with Gasteiger partial charge in [-0.05, 0) is 54.4 Å². The lowest BCUT2D eigenvalue weighted by molar-refractivity contribution is 0.00748. The van der Waals surface area contributed by atoms with Gasteiger partial charge in [-0.2, -0.15) is 0 Å². The van der Waals surface area contributed by atoms with Crippen LogP contribution in [0.4, 0.5) is 0 Å². The zero-order valence-electron chi connectivity index (χ0n) is 18.1. The summed E-state index contributed by atoms with van der Waals surface area (Å²) in [6.07, 6.45) is 0. The molecule has 3 aromatic carbocycles. The summed E-state index contributed by atoms with van der Waals surface area (Å²) in [6.45, 7) is 5.01. The Hall–Kier alpha value is -3.02. The molecule has 0 radical (unpaired) electrons. The van der Waals surface area contributed by atoms with E-state index in [1.54, 1.807) is 14.0 Å². The van der Waals surface area contributed by atoms with E-state index in [1.165, 1.54) is 5.56 Å². The van der Waals surface area contributed by atoms with Gasteiger partial charge in [0.25, 0.3) is 0 Å². The summed E-state index contributed by atoms with van der Waals surface area (Å²) in [5.41, 5.74) is 2.00. The number of rotatable bonds is 7. The van der Waals surface area contributed by atoms with E-state index in [-0.39, 0.29) is 6.61 Å². The van der Waals surface area contributed by atoms with Gasteiger partial charge in [0, 0.05) is 25.2 Å². The lowest BCUT2D eigenvalue weighted by Crippen LogP contribution is -2.30. The van der Waals surface area contributed by atoms with E-state index in [4.69, 9.17) is 14.2 Å². The summed E-state index contributed by atoms with van der Waals surface area (Å²) < 4.78 is 17.0. The average Bonchev–Trinajstić information content (AvgIpc) is 3.00. The van der Waals surface area contributed by atoms with Crippen molar-refractivity contribution in [1.29, 1.82) is 0 Å². The molecule has 3 aromatic rings. The molecule has 0 saturated carbocycles. The van der Waals surface area contributed by atoms with Crippen LogP contribution in [-0.4, -0.2) is 36.9 Å². The molecular formula is C26H29NO4. The van der Waals surface area contributed by atoms with Crippen LogP contribution in [0, 0.1) is 0 Å². The van der Waals surface area contributed by atoms with Gasteiger partial charge in [-0.1, -0.05) is 36.4 Å². The molecule has 0 amide bonds. The molecule has 1 heterocycles. The molecule has 1 unspecified atom stereocenters. The minimum atomic E-state index is -1.11. The van der Waals surface area contributed by atoms with Gasteiger partial charge in [-0.25, -0.2) is 0 Å². The summed E-state index contributed by atoms with van der Waals surface area (Å²) in [4.78, 5) is 2.35. The summed E-state index contributed by atoms with van der Waals surface area (Å²) in [5.74, 6) is 2.48. The first kappa shape index (κ1) is 21.2. The van der Waals surface area contributed by atoms with Gasteiger partial charge in [0.2, 0.25) is 0 Å². The predicted molar refractivity (Wildman–Crippen MR) is 121 cm³/mol. The van der Waals surface area contributed by atoms with Crippen molar-refractivity contribution < 1.29 is 19.3 Å². The smallest absolute Gasteiger partial charge is 0.123 e. The van der Waals surface area contributed by atoms with Crippen LogP contribution in [0.25, 0.3) is 0 Å². The van der Waals surface area contributed by atoms with E-state index in [2.05, 4.69) is 17.0 Å². The molecule has 0 saturated heterocycles. The molecule has 5 nitrogen and oxygen atoms in total. The molecule has 0 bridgehead atoms. The Kier molecular flexibility index (Phi) is 6.44. The van der Waals surface area contributed by atoms with Gasteiger partial charge in [-0.15, -0.1) is 0 Å². The van der Waals surface area contributed by atoms with Crippen LogP contribution in [0.1, 0.15) is 23.6 Å². The molecule has 1 atom stereocenters. The molecule has 0 aliphatic carbocycles. The van der Waals surface area contributed by atoms with Gasteiger partial charge >= 0.3 is 0 Å². The van der Waals surface area contributed by atoms with E-state index < -0.39 is 5.60 Å². The maximum absolute atomic E-state index is 11.1. The highest BCUT2D eigenvalue weighted by Gasteiger charge is 2.26. The summed E-state index contributed by atoms with van der Waals surface area (Å²) >= 11 is 0. The van der Waals surface area contributed by atoms with Crippen molar-refractivity contribution >= 4 is 0 Å². The van der Waals surface area contributed by atoms with Crippen LogP contribution in [0.15, 0.2) is 72.8 Å². The Morgan fingerprint density at radius 2 is 1.77 bits per heavy atom. The first-order chi connectivity index (χ1) is 15.0. The maximum atomic E-state index is 11.1. The van der Waals surface area contributed by atoms with Crippen LogP contribution in [-0.2, 0) is 18.7 Å². The Morgan fingerprint density at radius 3 is 2.52 bits per heavy atom. The Bertz CT molecular complexity index is 986. The number of benzene rings is 3. The first-order valence-corrected chi connectivity index (χ1v) is 10.6. The van der Waals surface area contributed by atoms with Crippen molar-refractivity contribution in [1.82, 2.24) is 4.90 Å². The van der Waals surface area contributed by atoms with E-state index in [9.17, 15) is 5.11 Å². The molecule has 0 spiro atoms. The largest absolute Gasteiger partial charge is 0.497 e. The number of aliphatic hydroxyl groups is 1. The normalized spacial score (nSPS) is 15.8. The Morgan fingerprint density at radius 1 is 1.00 bits per heavy atom. The quantitative estimate of drug-likeness (QED) is 0.616. The van der Waals surface area contributed by atoms with Crippen molar-refractivity contribution in [3.8, 4) is 17.2 Å². The van der Waals surface area contributed by atoms with Gasteiger partial charge in [0.05, 0.1) is 7.11 Å². The van der Waals surface area contributed by atoms with Crippen LogP contribution >= 0.6 is 0 Å². The number of ether oxygens (including phenoxy) is 3. The second-order valence-electron chi connectivity index (χ2n) is 8.11. The molecule has 4 rings (SSSR count). The molecular weight excluding hydrogens is 390 g/mol. The van der Waals surface area contributed by atoms with Crippen LogP contribution < -0.4 is 14.2 Å².